The van der Waals surface area contributed by atoms with E-state index in [9.17, 15) is 0 Å². The molecule has 0 aliphatic carbocycles. The lowest BCUT2D eigenvalue weighted by Gasteiger charge is -2.05. The van der Waals surface area contributed by atoms with Crippen LogP contribution in [0, 0.1) is 11.3 Å². The maximum absolute atomic E-state index is 8.77. The van der Waals surface area contributed by atoms with Crippen LogP contribution in [0.25, 0.3) is 0 Å². The molecule has 0 fully saturated rings. The summed E-state index contributed by atoms with van der Waals surface area (Å²) in [6, 6.07) is 9.66. The second-order valence-electron chi connectivity index (χ2n) is 3.53. The molecule has 0 atom stereocenters. The number of nitrogens with one attached hydrogen (secondary N) is 1. The van der Waals surface area contributed by atoms with Crippen LogP contribution >= 0.6 is 0 Å². The van der Waals surface area contributed by atoms with E-state index in [4.69, 9.17) is 5.26 Å². The van der Waals surface area contributed by atoms with Gasteiger partial charge in [-0.1, -0.05) is 12.1 Å². The Labute approximate surface area is 94.2 Å². The van der Waals surface area contributed by atoms with Crippen LogP contribution in [0.1, 0.15) is 11.1 Å². The fourth-order valence-electron chi connectivity index (χ4n) is 1.47. The lowest BCUT2D eigenvalue weighted by molar-refractivity contribution is 0.900. The summed E-state index contributed by atoms with van der Waals surface area (Å²) in [6.07, 6.45) is 3.63. The Bertz CT molecular complexity index is 522. The minimum absolute atomic E-state index is 0.667. The molecule has 4 heteroatoms. The number of hydrogen-bond donors (Lipinski definition) is 1. The van der Waals surface area contributed by atoms with Crippen molar-refractivity contribution in [3.63, 3.8) is 0 Å². The number of hydrogen-bond acceptors (Lipinski definition) is 3. The van der Waals surface area contributed by atoms with Crippen molar-refractivity contribution >= 4 is 5.95 Å². The molecule has 1 aromatic heterocycles. The summed E-state index contributed by atoms with van der Waals surface area (Å²) < 4.78 is 1.91. The van der Waals surface area contributed by atoms with E-state index < -0.39 is 0 Å². The number of anilines is 1. The average Bonchev–Trinajstić information content (AvgIpc) is 2.72. The van der Waals surface area contributed by atoms with Gasteiger partial charge in [-0.2, -0.15) is 5.26 Å². The molecular weight excluding hydrogens is 200 g/mol. The molecular formula is C12H12N4. The zero-order valence-corrected chi connectivity index (χ0v) is 9.01. The first-order chi connectivity index (χ1) is 7.79. The molecule has 0 saturated heterocycles. The van der Waals surface area contributed by atoms with Gasteiger partial charge in [0.15, 0.2) is 0 Å². The van der Waals surface area contributed by atoms with Crippen molar-refractivity contribution in [2.45, 2.75) is 6.54 Å². The van der Waals surface area contributed by atoms with Crippen molar-refractivity contribution in [3.8, 4) is 6.07 Å². The summed E-state index contributed by atoms with van der Waals surface area (Å²) >= 11 is 0. The monoisotopic (exact) mass is 212 g/mol. The Balaban J connectivity index is 2.05. The lowest BCUT2D eigenvalue weighted by Crippen LogP contribution is -2.04. The zero-order valence-electron chi connectivity index (χ0n) is 9.01. The van der Waals surface area contributed by atoms with Crippen molar-refractivity contribution < 1.29 is 0 Å². The second-order valence-corrected chi connectivity index (χ2v) is 3.53. The molecule has 0 amide bonds. The van der Waals surface area contributed by atoms with Gasteiger partial charge in [0.25, 0.3) is 0 Å². The third-order valence-corrected chi connectivity index (χ3v) is 2.33. The van der Waals surface area contributed by atoms with Gasteiger partial charge in [0.2, 0.25) is 5.95 Å². The van der Waals surface area contributed by atoms with E-state index in [1.165, 1.54) is 0 Å². The Kier molecular flexibility index (Phi) is 2.88. The Morgan fingerprint density at radius 2 is 2.38 bits per heavy atom. The minimum Gasteiger partial charge on any atom is -0.352 e. The molecule has 2 aromatic rings. The third-order valence-electron chi connectivity index (χ3n) is 2.33. The number of aryl methyl sites for hydroxylation is 1. The number of nitriles is 1. The van der Waals surface area contributed by atoms with Gasteiger partial charge in [-0.05, 0) is 17.7 Å². The quantitative estimate of drug-likeness (QED) is 0.845. The van der Waals surface area contributed by atoms with Crippen molar-refractivity contribution in [3.05, 3.63) is 47.8 Å². The van der Waals surface area contributed by atoms with Crippen molar-refractivity contribution in [2.24, 2.45) is 7.05 Å². The number of rotatable bonds is 3. The molecule has 4 nitrogen and oxygen atoms in total. The smallest absolute Gasteiger partial charge is 0.202 e. The molecule has 80 valence electrons. The Hall–Kier alpha value is -2.28. The predicted molar refractivity (Wildman–Crippen MR) is 61.7 cm³/mol. The molecule has 16 heavy (non-hydrogen) atoms. The van der Waals surface area contributed by atoms with E-state index in [0.29, 0.717) is 12.1 Å². The summed E-state index contributed by atoms with van der Waals surface area (Å²) in [5.41, 5.74) is 1.75. The van der Waals surface area contributed by atoms with Gasteiger partial charge in [0.05, 0.1) is 11.6 Å². The fraction of sp³-hybridized carbons (Fsp3) is 0.167. The highest BCUT2D eigenvalue weighted by atomic mass is 15.2. The maximum Gasteiger partial charge on any atom is 0.202 e. The maximum atomic E-state index is 8.77. The van der Waals surface area contributed by atoms with Crippen molar-refractivity contribution in [1.82, 2.24) is 9.55 Å². The van der Waals surface area contributed by atoms with Crippen LogP contribution in [0.4, 0.5) is 5.95 Å². The first-order valence-corrected chi connectivity index (χ1v) is 5.00. The van der Waals surface area contributed by atoms with Gasteiger partial charge in [-0.15, -0.1) is 0 Å². The van der Waals surface area contributed by atoms with Crippen molar-refractivity contribution in [1.29, 1.82) is 5.26 Å². The molecule has 1 aromatic carbocycles. The normalized spacial score (nSPS) is 9.75. The van der Waals surface area contributed by atoms with Crippen LogP contribution in [0.2, 0.25) is 0 Å². The average molecular weight is 212 g/mol. The molecule has 0 bridgehead atoms. The predicted octanol–water partition coefficient (Wildman–Crippen LogP) is 1.90. The van der Waals surface area contributed by atoms with E-state index in [0.717, 1.165) is 11.5 Å². The van der Waals surface area contributed by atoms with E-state index in [1.807, 2.05) is 36.0 Å². The van der Waals surface area contributed by atoms with Gasteiger partial charge in [0, 0.05) is 26.0 Å². The highest BCUT2D eigenvalue weighted by molar-refractivity contribution is 5.35. The molecule has 0 saturated carbocycles. The first kappa shape index (κ1) is 10.2. The number of benzene rings is 1. The SMILES string of the molecule is Cn1ccnc1NCc1cccc(C#N)c1. The van der Waals surface area contributed by atoms with Gasteiger partial charge in [-0.3, -0.25) is 0 Å². The van der Waals surface area contributed by atoms with Gasteiger partial charge in [-0.25, -0.2) is 4.98 Å². The molecule has 0 spiro atoms. The zero-order chi connectivity index (χ0) is 11.4. The van der Waals surface area contributed by atoms with Crippen LogP contribution in [0.15, 0.2) is 36.7 Å². The molecule has 0 radical (unpaired) electrons. The van der Waals surface area contributed by atoms with E-state index >= 15 is 0 Å². The molecule has 0 aliphatic heterocycles. The fourth-order valence-corrected chi connectivity index (χ4v) is 1.47. The summed E-state index contributed by atoms with van der Waals surface area (Å²) in [5, 5.41) is 12.0. The van der Waals surface area contributed by atoms with Crippen LogP contribution in [0.3, 0.4) is 0 Å². The third kappa shape index (κ3) is 2.20. The summed E-state index contributed by atoms with van der Waals surface area (Å²) in [6.45, 7) is 0.667. The first-order valence-electron chi connectivity index (χ1n) is 5.00. The molecule has 2 rings (SSSR count). The van der Waals surface area contributed by atoms with Crippen LogP contribution in [-0.2, 0) is 13.6 Å². The largest absolute Gasteiger partial charge is 0.352 e. The number of imidazole rings is 1. The van der Waals surface area contributed by atoms with Crippen LogP contribution in [-0.4, -0.2) is 9.55 Å². The summed E-state index contributed by atoms with van der Waals surface area (Å²) in [7, 11) is 1.93. The van der Waals surface area contributed by atoms with E-state index in [2.05, 4.69) is 16.4 Å². The number of nitrogens with zero attached hydrogens (tertiary/aromatic N) is 3. The molecule has 0 unspecified atom stereocenters. The minimum atomic E-state index is 0.667. The van der Waals surface area contributed by atoms with Crippen LogP contribution < -0.4 is 5.32 Å². The second kappa shape index (κ2) is 4.49. The Morgan fingerprint density at radius 3 is 3.06 bits per heavy atom. The van der Waals surface area contributed by atoms with Crippen molar-refractivity contribution in [2.75, 3.05) is 5.32 Å². The molecule has 0 aliphatic rings. The molecule has 1 N–H and O–H groups in total. The number of aromatic nitrogens is 2. The Morgan fingerprint density at radius 1 is 1.50 bits per heavy atom. The topological polar surface area (TPSA) is 53.6 Å². The standard InChI is InChI=1S/C12H12N4/c1-16-6-5-14-12(16)15-9-11-4-2-3-10(7-11)8-13/h2-7H,9H2,1H3,(H,14,15). The van der Waals surface area contributed by atoms with Gasteiger partial charge >= 0.3 is 0 Å². The van der Waals surface area contributed by atoms with Crippen LogP contribution in [0.5, 0.6) is 0 Å². The van der Waals surface area contributed by atoms with Gasteiger partial charge in [0.1, 0.15) is 0 Å². The van der Waals surface area contributed by atoms with E-state index in [1.54, 1.807) is 12.3 Å². The van der Waals surface area contributed by atoms with Gasteiger partial charge < -0.3 is 9.88 Å². The highest BCUT2D eigenvalue weighted by Gasteiger charge is 1.99. The van der Waals surface area contributed by atoms with E-state index in [-0.39, 0.29) is 0 Å². The lowest BCUT2D eigenvalue weighted by atomic mass is 10.1. The molecule has 1 heterocycles. The summed E-state index contributed by atoms with van der Waals surface area (Å²) in [5.74, 6) is 0.822. The highest BCUT2D eigenvalue weighted by Crippen LogP contribution is 2.07. The summed E-state index contributed by atoms with van der Waals surface area (Å²) in [4.78, 5) is 4.16.